The number of aliphatic hydroxyl groups excluding tert-OH is 1. The van der Waals surface area contributed by atoms with Crippen LogP contribution in [0.1, 0.15) is 119 Å². The molecule has 0 unspecified atom stereocenters. The van der Waals surface area contributed by atoms with Gasteiger partial charge in [-0.2, -0.15) is 0 Å². The number of fused-ring (bicyclic) bond motifs is 1. The molecular weight excluding hydrogens is 360 g/mol. The minimum Gasteiger partial charge on any atom is -0.507 e. The van der Waals surface area contributed by atoms with Crippen LogP contribution in [0, 0.1) is 0 Å². The quantitative estimate of drug-likeness (QED) is 0.244. The van der Waals surface area contributed by atoms with Crippen molar-refractivity contribution in [1.29, 1.82) is 0 Å². The molecular formula is C26H38O3. The Bertz CT molecular complexity index is 687. The molecule has 29 heavy (non-hydrogen) atoms. The average Bonchev–Trinajstić information content (AvgIpc) is 2.74. The summed E-state index contributed by atoms with van der Waals surface area (Å²) in [6.45, 7) is 2.26. The molecule has 3 nitrogen and oxygen atoms in total. The van der Waals surface area contributed by atoms with E-state index in [9.17, 15) is 14.7 Å². The van der Waals surface area contributed by atoms with Crippen LogP contribution in [0.4, 0.5) is 0 Å². The maximum Gasteiger partial charge on any atom is 0.234 e. The van der Waals surface area contributed by atoms with Crippen LogP contribution < -0.4 is 0 Å². The van der Waals surface area contributed by atoms with Gasteiger partial charge in [0.1, 0.15) is 5.76 Å². The lowest BCUT2D eigenvalue weighted by atomic mass is 9.86. The second-order valence-corrected chi connectivity index (χ2v) is 8.38. The van der Waals surface area contributed by atoms with E-state index in [0.29, 0.717) is 23.1 Å². The van der Waals surface area contributed by atoms with Crippen LogP contribution >= 0.6 is 0 Å². The lowest BCUT2D eigenvalue weighted by Gasteiger charge is -2.17. The van der Waals surface area contributed by atoms with Crippen LogP contribution in [-0.2, 0) is 4.79 Å². The van der Waals surface area contributed by atoms with Gasteiger partial charge in [0.05, 0.1) is 0 Å². The summed E-state index contributed by atoms with van der Waals surface area (Å²) < 4.78 is 0. The Labute approximate surface area is 176 Å². The molecule has 0 saturated heterocycles. The minimum absolute atomic E-state index is 0.0000981. The van der Waals surface area contributed by atoms with Gasteiger partial charge in [-0.15, -0.1) is 0 Å². The molecule has 1 aliphatic carbocycles. The maximum atomic E-state index is 12.3. The van der Waals surface area contributed by atoms with E-state index in [4.69, 9.17) is 0 Å². The molecule has 160 valence electrons. The standard InChI is InChI=1S/C26H38O3/c1-2-3-4-5-6-7-8-9-10-11-12-13-14-15-20-23-24(27)21-18-16-17-19-22(21)25(28)26(23)29/h16-19,27H,2-15,20H2,1H3. The van der Waals surface area contributed by atoms with Crippen LogP contribution in [0.25, 0.3) is 5.76 Å². The number of unbranched alkanes of at least 4 members (excludes halogenated alkanes) is 13. The molecule has 3 heteroatoms. The molecule has 2 rings (SSSR count). The first-order chi connectivity index (χ1) is 14.2. The highest BCUT2D eigenvalue weighted by Crippen LogP contribution is 2.30. The smallest absolute Gasteiger partial charge is 0.234 e. The SMILES string of the molecule is CCCCCCCCCCCCCCCCC1=C(O)c2ccccc2C(=O)C1=O. The highest BCUT2D eigenvalue weighted by molar-refractivity contribution is 6.52. The van der Waals surface area contributed by atoms with Crippen molar-refractivity contribution in [3.05, 3.63) is 41.0 Å². The molecule has 0 fully saturated rings. The van der Waals surface area contributed by atoms with E-state index in [-0.39, 0.29) is 5.76 Å². The van der Waals surface area contributed by atoms with Crippen LogP contribution in [0.5, 0.6) is 0 Å². The number of aliphatic hydroxyl groups is 1. The molecule has 0 amide bonds. The molecule has 1 aromatic rings. The third-order valence-corrected chi connectivity index (χ3v) is 5.97. The van der Waals surface area contributed by atoms with Gasteiger partial charge in [-0.25, -0.2) is 0 Å². The fraction of sp³-hybridized carbons (Fsp3) is 0.615. The van der Waals surface area contributed by atoms with Crippen molar-refractivity contribution in [3.8, 4) is 0 Å². The second-order valence-electron chi connectivity index (χ2n) is 8.38. The number of hydrogen-bond donors (Lipinski definition) is 1. The summed E-state index contributed by atoms with van der Waals surface area (Å²) in [5.41, 5.74) is 1.12. The first kappa shape index (κ1) is 23.4. The molecule has 0 heterocycles. The Morgan fingerprint density at radius 2 is 1.07 bits per heavy atom. The van der Waals surface area contributed by atoms with Gasteiger partial charge in [-0.3, -0.25) is 9.59 Å². The second kappa shape index (κ2) is 13.3. The van der Waals surface area contributed by atoms with Gasteiger partial charge in [0.15, 0.2) is 0 Å². The zero-order chi connectivity index (χ0) is 20.9. The van der Waals surface area contributed by atoms with E-state index in [1.807, 2.05) is 0 Å². The largest absolute Gasteiger partial charge is 0.507 e. The number of allylic oxidation sites excluding steroid dienone is 1. The van der Waals surface area contributed by atoms with E-state index in [1.54, 1.807) is 24.3 Å². The normalized spacial score (nSPS) is 13.8. The summed E-state index contributed by atoms with van der Waals surface area (Å²) in [6, 6.07) is 6.81. The summed E-state index contributed by atoms with van der Waals surface area (Å²) in [6.07, 6.45) is 18.4. The van der Waals surface area contributed by atoms with Crippen molar-refractivity contribution >= 4 is 17.3 Å². The van der Waals surface area contributed by atoms with Gasteiger partial charge in [0, 0.05) is 16.7 Å². The van der Waals surface area contributed by atoms with Gasteiger partial charge < -0.3 is 5.11 Å². The predicted molar refractivity (Wildman–Crippen MR) is 120 cm³/mol. The van der Waals surface area contributed by atoms with Gasteiger partial charge in [0.25, 0.3) is 0 Å². The summed E-state index contributed by atoms with van der Waals surface area (Å²) in [5.74, 6) is -1.02. The Hall–Kier alpha value is -1.90. The zero-order valence-electron chi connectivity index (χ0n) is 18.2. The molecule has 1 N–H and O–H groups in total. The van der Waals surface area contributed by atoms with E-state index >= 15 is 0 Å². The minimum atomic E-state index is -0.532. The van der Waals surface area contributed by atoms with Crippen molar-refractivity contribution in [2.75, 3.05) is 0 Å². The Morgan fingerprint density at radius 1 is 0.621 bits per heavy atom. The first-order valence-corrected chi connectivity index (χ1v) is 11.8. The van der Waals surface area contributed by atoms with Crippen molar-refractivity contribution < 1.29 is 14.7 Å². The molecule has 1 aliphatic rings. The first-order valence-electron chi connectivity index (χ1n) is 11.8. The molecule has 0 saturated carbocycles. The lowest BCUT2D eigenvalue weighted by molar-refractivity contribution is -0.112. The number of hydrogen-bond acceptors (Lipinski definition) is 3. The van der Waals surface area contributed by atoms with Gasteiger partial charge >= 0.3 is 0 Å². The summed E-state index contributed by atoms with van der Waals surface area (Å²) in [5, 5.41) is 10.4. The molecule has 1 aromatic carbocycles. The predicted octanol–water partition coefficient (Wildman–Crippen LogP) is 7.59. The summed E-state index contributed by atoms with van der Waals surface area (Å²) in [4.78, 5) is 24.5. The van der Waals surface area contributed by atoms with E-state index in [2.05, 4.69) is 6.92 Å². The highest BCUT2D eigenvalue weighted by atomic mass is 16.3. The Balaban J connectivity index is 1.55. The number of Topliss-reactive ketones (excluding diaryl/α,β-unsaturated/α-hetero) is 2. The number of carbonyl (C=O) groups excluding carboxylic acids is 2. The van der Waals surface area contributed by atoms with Gasteiger partial charge in [0.2, 0.25) is 11.6 Å². The monoisotopic (exact) mass is 398 g/mol. The van der Waals surface area contributed by atoms with Crippen molar-refractivity contribution in [2.24, 2.45) is 0 Å². The molecule has 0 atom stereocenters. The molecule has 0 radical (unpaired) electrons. The Morgan fingerprint density at radius 3 is 1.59 bits per heavy atom. The fourth-order valence-electron chi connectivity index (χ4n) is 4.15. The third kappa shape index (κ3) is 7.45. The average molecular weight is 399 g/mol. The Kier molecular flexibility index (Phi) is 10.8. The lowest BCUT2D eigenvalue weighted by Crippen LogP contribution is -2.24. The number of ketones is 2. The van der Waals surface area contributed by atoms with Crippen LogP contribution in [0.15, 0.2) is 29.8 Å². The fourth-order valence-corrected chi connectivity index (χ4v) is 4.15. The summed E-state index contributed by atoms with van der Waals surface area (Å²) >= 11 is 0. The molecule has 0 aromatic heterocycles. The van der Waals surface area contributed by atoms with Crippen molar-refractivity contribution in [1.82, 2.24) is 0 Å². The number of rotatable bonds is 15. The molecule has 0 aliphatic heterocycles. The van der Waals surface area contributed by atoms with Crippen molar-refractivity contribution in [3.63, 3.8) is 0 Å². The van der Waals surface area contributed by atoms with Crippen LogP contribution in [-0.4, -0.2) is 16.7 Å². The van der Waals surface area contributed by atoms with E-state index in [1.165, 1.54) is 70.6 Å². The van der Waals surface area contributed by atoms with Crippen LogP contribution in [0.3, 0.4) is 0 Å². The van der Waals surface area contributed by atoms with Crippen LogP contribution in [0.2, 0.25) is 0 Å². The van der Waals surface area contributed by atoms with E-state index in [0.717, 1.165) is 19.3 Å². The zero-order valence-corrected chi connectivity index (χ0v) is 18.2. The van der Waals surface area contributed by atoms with Gasteiger partial charge in [-0.05, 0) is 12.8 Å². The molecule has 0 spiro atoms. The molecule has 0 bridgehead atoms. The summed E-state index contributed by atoms with van der Waals surface area (Å²) in [7, 11) is 0. The number of benzene rings is 1. The number of carbonyl (C=O) groups is 2. The van der Waals surface area contributed by atoms with Gasteiger partial charge in [-0.1, -0.05) is 115 Å². The van der Waals surface area contributed by atoms with E-state index < -0.39 is 11.6 Å². The maximum absolute atomic E-state index is 12.3. The van der Waals surface area contributed by atoms with Crippen molar-refractivity contribution in [2.45, 2.75) is 103 Å². The highest BCUT2D eigenvalue weighted by Gasteiger charge is 2.31. The third-order valence-electron chi connectivity index (χ3n) is 5.97. The topological polar surface area (TPSA) is 54.4 Å².